The third kappa shape index (κ3) is 6.50. The molecule has 0 aliphatic carbocycles. The zero-order valence-electron chi connectivity index (χ0n) is 18.6. The summed E-state index contributed by atoms with van der Waals surface area (Å²) in [5, 5.41) is 15.7. The first-order chi connectivity index (χ1) is 15.8. The summed E-state index contributed by atoms with van der Waals surface area (Å²) in [6.45, 7) is 6.97. The molecular weight excluding hydrogens is 481 g/mol. The summed E-state index contributed by atoms with van der Waals surface area (Å²) in [4.78, 5) is 24.8. The molecule has 2 amide bonds. The van der Waals surface area contributed by atoms with E-state index in [-0.39, 0.29) is 17.6 Å². The first kappa shape index (κ1) is 25.1. The Bertz CT molecular complexity index is 1150. The van der Waals surface area contributed by atoms with Crippen molar-refractivity contribution in [2.24, 2.45) is 0 Å². The van der Waals surface area contributed by atoms with Crippen molar-refractivity contribution in [3.05, 3.63) is 69.0 Å². The molecule has 1 aromatic heterocycles. The van der Waals surface area contributed by atoms with Crippen LogP contribution in [-0.2, 0) is 17.8 Å². The van der Waals surface area contributed by atoms with Gasteiger partial charge in [0, 0.05) is 30.8 Å². The van der Waals surface area contributed by atoms with Crippen molar-refractivity contribution in [1.29, 1.82) is 0 Å². The monoisotopic (exact) mass is 505 g/mol. The first-order valence-electron chi connectivity index (χ1n) is 10.4. The number of hydrogen-bond acceptors (Lipinski definition) is 5. The van der Waals surface area contributed by atoms with Crippen LogP contribution in [0.4, 0.5) is 5.69 Å². The van der Waals surface area contributed by atoms with Gasteiger partial charge < -0.3 is 15.2 Å². The second-order valence-corrected chi connectivity index (χ2v) is 9.14. The first-order valence-corrected chi connectivity index (χ1v) is 12.2. The van der Waals surface area contributed by atoms with Crippen LogP contribution in [0.3, 0.4) is 0 Å². The van der Waals surface area contributed by atoms with E-state index in [4.69, 9.17) is 23.2 Å². The molecule has 10 heteroatoms. The number of nitrogens with one attached hydrogen (secondary N) is 2. The van der Waals surface area contributed by atoms with Crippen molar-refractivity contribution in [2.75, 3.05) is 17.6 Å². The Balaban J connectivity index is 1.54. The van der Waals surface area contributed by atoms with Crippen molar-refractivity contribution in [3.63, 3.8) is 0 Å². The Labute approximate surface area is 207 Å². The SMILES string of the molecule is CCn1c(CCNC(=O)c2ccc(Cl)c(Cl)c2)nnc1SCC(=O)Nc1c(C)cccc1C. The number of anilines is 1. The number of rotatable bonds is 9. The quantitative estimate of drug-likeness (QED) is 0.402. The van der Waals surface area contributed by atoms with Gasteiger partial charge in [-0.1, -0.05) is 53.2 Å². The van der Waals surface area contributed by atoms with Gasteiger partial charge in [0.25, 0.3) is 5.91 Å². The number of carbonyl (C=O) groups is 2. The Morgan fingerprint density at radius 2 is 1.79 bits per heavy atom. The fourth-order valence-corrected chi connectivity index (χ4v) is 4.39. The molecule has 2 aromatic carbocycles. The smallest absolute Gasteiger partial charge is 0.251 e. The molecule has 0 aliphatic rings. The average Bonchev–Trinajstić information content (AvgIpc) is 3.18. The summed E-state index contributed by atoms with van der Waals surface area (Å²) < 4.78 is 1.95. The highest BCUT2D eigenvalue weighted by molar-refractivity contribution is 7.99. The van der Waals surface area contributed by atoms with Gasteiger partial charge in [-0.2, -0.15) is 0 Å². The number of halogens is 2. The molecule has 0 fully saturated rings. The lowest BCUT2D eigenvalue weighted by Gasteiger charge is -2.11. The lowest BCUT2D eigenvalue weighted by atomic mass is 10.1. The van der Waals surface area contributed by atoms with Crippen molar-refractivity contribution >= 4 is 52.5 Å². The average molecular weight is 506 g/mol. The van der Waals surface area contributed by atoms with Crippen LogP contribution in [0.1, 0.15) is 34.2 Å². The van der Waals surface area contributed by atoms with Gasteiger partial charge in [-0.25, -0.2) is 0 Å². The molecule has 0 aliphatic heterocycles. The molecule has 174 valence electrons. The number of carbonyl (C=O) groups excluding carboxylic acids is 2. The van der Waals surface area contributed by atoms with Crippen LogP contribution in [-0.4, -0.2) is 38.9 Å². The zero-order valence-corrected chi connectivity index (χ0v) is 20.9. The maximum atomic E-state index is 12.5. The number of amides is 2. The maximum Gasteiger partial charge on any atom is 0.251 e. The van der Waals surface area contributed by atoms with E-state index in [1.54, 1.807) is 12.1 Å². The van der Waals surface area contributed by atoms with E-state index in [2.05, 4.69) is 20.8 Å². The lowest BCUT2D eigenvalue weighted by Crippen LogP contribution is -2.26. The number of hydrogen-bond donors (Lipinski definition) is 2. The molecule has 0 unspecified atom stereocenters. The van der Waals surface area contributed by atoms with Crippen LogP contribution in [0.2, 0.25) is 10.0 Å². The van der Waals surface area contributed by atoms with Gasteiger partial charge in [-0.3, -0.25) is 9.59 Å². The fourth-order valence-electron chi connectivity index (χ4n) is 3.27. The van der Waals surface area contributed by atoms with Crippen LogP contribution >= 0.6 is 35.0 Å². The standard InChI is InChI=1S/C23H25Cl2N5O2S/c1-4-30-19(10-11-26-22(32)16-8-9-17(24)18(25)12-16)28-29-23(30)33-13-20(31)27-21-14(2)6-5-7-15(21)3/h5-9,12H,4,10-11,13H2,1-3H3,(H,26,32)(H,27,31). The molecule has 33 heavy (non-hydrogen) atoms. The van der Waals surface area contributed by atoms with E-state index in [0.717, 1.165) is 22.6 Å². The Morgan fingerprint density at radius 3 is 2.45 bits per heavy atom. The van der Waals surface area contributed by atoms with E-state index in [1.165, 1.54) is 17.8 Å². The molecule has 0 saturated heterocycles. The Morgan fingerprint density at radius 1 is 1.06 bits per heavy atom. The number of thioether (sulfide) groups is 1. The van der Waals surface area contributed by atoms with Gasteiger partial charge in [0.2, 0.25) is 5.91 Å². The summed E-state index contributed by atoms with van der Waals surface area (Å²) in [5.41, 5.74) is 3.33. The third-order valence-corrected chi connectivity index (χ3v) is 6.71. The second-order valence-electron chi connectivity index (χ2n) is 7.38. The number of nitrogens with zero attached hydrogens (tertiary/aromatic N) is 3. The minimum atomic E-state index is -0.242. The van der Waals surface area contributed by atoms with Gasteiger partial charge in [-0.05, 0) is 50.1 Å². The van der Waals surface area contributed by atoms with Gasteiger partial charge in [0.15, 0.2) is 5.16 Å². The van der Waals surface area contributed by atoms with Crippen LogP contribution < -0.4 is 10.6 Å². The van der Waals surface area contributed by atoms with Crippen molar-refractivity contribution in [2.45, 2.75) is 38.9 Å². The Hall–Kier alpha value is -2.55. The molecule has 3 rings (SSSR count). The molecular formula is C23H25Cl2N5O2S. The summed E-state index contributed by atoms with van der Waals surface area (Å²) >= 11 is 13.2. The topological polar surface area (TPSA) is 88.9 Å². The van der Waals surface area contributed by atoms with Crippen LogP contribution in [0.15, 0.2) is 41.6 Å². The fraction of sp³-hybridized carbons (Fsp3) is 0.304. The highest BCUT2D eigenvalue weighted by Crippen LogP contribution is 2.23. The van der Waals surface area contributed by atoms with Crippen molar-refractivity contribution < 1.29 is 9.59 Å². The summed E-state index contributed by atoms with van der Waals surface area (Å²) in [6.07, 6.45) is 0.503. The van der Waals surface area contributed by atoms with E-state index >= 15 is 0 Å². The van der Waals surface area contributed by atoms with Gasteiger partial charge in [0.05, 0.1) is 15.8 Å². The predicted octanol–water partition coefficient (Wildman–Crippen LogP) is 4.92. The molecule has 0 spiro atoms. The highest BCUT2D eigenvalue weighted by atomic mass is 35.5. The molecule has 0 bridgehead atoms. The van der Waals surface area contributed by atoms with Crippen molar-refractivity contribution in [1.82, 2.24) is 20.1 Å². The van der Waals surface area contributed by atoms with Crippen LogP contribution in [0, 0.1) is 13.8 Å². The summed E-state index contributed by atoms with van der Waals surface area (Å²) in [5.74, 6) is 0.622. The van der Waals surface area contributed by atoms with E-state index in [1.807, 2.05) is 43.5 Å². The minimum Gasteiger partial charge on any atom is -0.352 e. The molecule has 3 aromatic rings. The predicted molar refractivity (Wildman–Crippen MR) is 133 cm³/mol. The summed E-state index contributed by atoms with van der Waals surface area (Å²) in [6, 6.07) is 10.6. The van der Waals surface area contributed by atoms with E-state index in [9.17, 15) is 9.59 Å². The maximum absolute atomic E-state index is 12.5. The normalized spacial score (nSPS) is 10.8. The van der Waals surface area contributed by atoms with Crippen LogP contribution in [0.5, 0.6) is 0 Å². The molecule has 0 radical (unpaired) electrons. The minimum absolute atomic E-state index is 0.0986. The van der Waals surface area contributed by atoms with E-state index < -0.39 is 0 Å². The second kappa shape index (κ2) is 11.5. The number of para-hydroxylation sites is 1. The third-order valence-electron chi connectivity index (χ3n) is 5.00. The number of aryl methyl sites for hydroxylation is 2. The summed E-state index contributed by atoms with van der Waals surface area (Å²) in [7, 11) is 0. The molecule has 1 heterocycles. The lowest BCUT2D eigenvalue weighted by molar-refractivity contribution is -0.113. The largest absolute Gasteiger partial charge is 0.352 e. The van der Waals surface area contributed by atoms with Gasteiger partial charge in [0.1, 0.15) is 5.82 Å². The van der Waals surface area contributed by atoms with Crippen LogP contribution in [0.25, 0.3) is 0 Å². The van der Waals surface area contributed by atoms with Gasteiger partial charge in [-0.15, -0.1) is 10.2 Å². The molecule has 0 atom stereocenters. The highest BCUT2D eigenvalue weighted by Gasteiger charge is 2.15. The number of aromatic nitrogens is 3. The molecule has 7 nitrogen and oxygen atoms in total. The molecule has 0 saturated carbocycles. The molecule has 2 N–H and O–H groups in total. The Kier molecular flexibility index (Phi) is 8.77. The zero-order chi connectivity index (χ0) is 24.0. The van der Waals surface area contributed by atoms with Gasteiger partial charge >= 0.3 is 0 Å². The number of benzene rings is 2. The van der Waals surface area contributed by atoms with Crippen molar-refractivity contribution in [3.8, 4) is 0 Å². The van der Waals surface area contributed by atoms with E-state index in [0.29, 0.717) is 40.3 Å².